The van der Waals surface area contributed by atoms with Gasteiger partial charge in [0.05, 0.1) is 37.9 Å². The van der Waals surface area contributed by atoms with Crippen LogP contribution in [-0.4, -0.2) is 92.1 Å². The number of nitriles is 1. The fraction of sp³-hybridized carbons (Fsp3) is 0.571. The monoisotopic (exact) mass is 526 g/mol. The van der Waals surface area contributed by atoms with Crippen molar-refractivity contribution in [3.63, 3.8) is 0 Å². The number of amides is 1. The van der Waals surface area contributed by atoms with E-state index in [2.05, 4.69) is 28.1 Å². The highest BCUT2D eigenvalue weighted by Crippen LogP contribution is 2.08. The summed E-state index contributed by atoms with van der Waals surface area (Å²) in [7, 11) is 0. The van der Waals surface area contributed by atoms with E-state index in [1.807, 2.05) is 29.2 Å². The van der Waals surface area contributed by atoms with Crippen LogP contribution in [0, 0.1) is 11.3 Å². The van der Waals surface area contributed by atoms with Gasteiger partial charge in [-0.25, -0.2) is 4.99 Å². The first-order valence-electron chi connectivity index (χ1n) is 10.3. The topological polar surface area (TPSA) is 84.2 Å². The van der Waals surface area contributed by atoms with Crippen molar-refractivity contribution in [2.75, 3.05) is 65.6 Å². The largest absolute Gasteiger partial charge is 0.378 e. The van der Waals surface area contributed by atoms with Crippen LogP contribution in [0.3, 0.4) is 0 Å². The summed E-state index contributed by atoms with van der Waals surface area (Å²) >= 11 is 0. The van der Waals surface area contributed by atoms with Crippen molar-refractivity contribution < 1.29 is 9.53 Å². The summed E-state index contributed by atoms with van der Waals surface area (Å²) in [5, 5.41) is 12.3. The van der Waals surface area contributed by atoms with Gasteiger partial charge in [-0.05, 0) is 24.6 Å². The molecule has 2 fully saturated rings. The first kappa shape index (κ1) is 24.4. The summed E-state index contributed by atoms with van der Waals surface area (Å²) in [6, 6.07) is 9.67. The van der Waals surface area contributed by atoms with Crippen molar-refractivity contribution in [3.8, 4) is 6.07 Å². The molecule has 2 aliphatic heterocycles. The van der Waals surface area contributed by atoms with E-state index < -0.39 is 0 Å². The molecule has 30 heavy (non-hydrogen) atoms. The van der Waals surface area contributed by atoms with Crippen molar-refractivity contribution in [1.82, 2.24) is 20.0 Å². The van der Waals surface area contributed by atoms with E-state index in [9.17, 15) is 4.79 Å². The third kappa shape index (κ3) is 7.11. The quantitative estimate of drug-likeness (QED) is 0.352. The molecule has 164 valence electrons. The average molecular weight is 526 g/mol. The maximum Gasteiger partial charge on any atom is 0.236 e. The Morgan fingerprint density at radius 2 is 1.77 bits per heavy atom. The van der Waals surface area contributed by atoms with Crippen molar-refractivity contribution in [1.29, 1.82) is 5.26 Å². The average Bonchev–Trinajstić information content (AvgIpc) is 2.78. The van der Waals surface area contributed by atoms with Gasteiger partial charge in [0.15, 0.2) is 5.96 Å². The minimum absolute atomic E-state index is 0. The standard InChI is InChI=1S/C21H30N6O2.HI/c1-2-23-21(24-16-19-5-3-18(15-22)4-6-19)27-9-7-25(8-10-27)17-20(28)26-11-13-29-14-12-26;/h3-6H,2,7-14,16-17H2,1H3,(H,23,24);1H. The number of nitrogens with one attached hydrogen (secondary N) is 1. The number of nitrogens with zero attached hydrogens (tertiary/aromatic N) is 5. The van der Waals surface area contributed by atoms with Gasteiger partial charge in [-0.3, -0.25) is 9.69 Å². The molecule has 1 amide bonds. The first-order chi connectivity index (χ1) is 14.2. The number of hydrogen-bond donors (Lipinski definition) is 1. The zero-order valence-corrected chi connectivity index (χ0v) is 19.9. The van der Waals surface area contributed by atoms with Crippen molar-refractivity contribution in [2.24, 2.45) is 4.99 Å². The Hall–Kier alpha value is -1.90. The molecule has 1 aromatic rings. The Labute approximate surface area is 195 Å². The molecule has 0 bridgehead atoms. The molecule has 1 aromatic carbocycles. The highest BCUT2D eigenvalue weighted by molar-refractivity contribution is 14.0. The van der Waals surface area contributed by atoms with Gasteiger partial charge in [0.2, 0.25) is 5.91 Å². The lowest BCUT2D eigenvalue weighted by atomic mass is 10.1. The number of rotatable bonds is 5. The lowest BCUT2D eigenvalue weighted by molar-refractivity contribution is -0.136. The van der Waals surface area contributed by atoms with Crippen molar-refractivity contribution in [3.05, 3.63) is 35.4 Å². The molecule has 3 rings (SSSR count). The summed E-state index contributed by atoms with van der Waals surface area (Å²) in [6.45, 7) is 9.98. The van der Waals surface area contributed by atoms with Gasteiger partial charge in [-0.2, -0.15) is 5.26 Å². The Morgan fingerprint density at radius 3 is 2.37 bits per heavy atom. The Morgan fingerprint density at radius 1 is 1.10 bits per heavy atom. The van der Waals surface area contributed by atoms with Crippen molar-refractivity contribution >= 4 is 35.8 Å². The fourth-order valence-electron chi connectivity index (χ4n) is 3.50. The Kier molecular flexibility index (Phi) is 10.3. The molecule has 0 aromatic heterocycles. The number of guanidine groups is 1. The molecular weight excluding hydrogens is 495 g/mol. The highest BCUT2D eigenvalue weighted by Gasteiger charge is 2.24. The maximum absolute atomic E-state index is 12.4. The number of piperazine rings is 1. The molecule has 2 aliphatic rings. The second kappa shape index (κ2) is 12.7. The van der Waals surface area contributed by atoms with E-state index in [0.717, 1.165) is 44.2 Å². The molecule has 1 N–H and O–H groups in total. The summed E-state index contributed by atoms with van der Waals surface area (Å²) in [6.07, 6.45) is 0. The van der Waals surface area contributed by atoms with Gasteiger partial charge in [-0.1, -0.05) is 12.1 Å². The predicted octanol–water partition coefficient (Wildman–Crippen LogP) is 1.12. The normalized spacial score (nSPS) is 17.8. The number of morpholine rings is 1. The number of hydrogen-bond acceptors (Lipinski definition) is 5. The van der Waals surface area contributed by atoms with Crippen molar-refractivity contribution in [2.45, 2.75) is 13.5 Å². The molecule has 0 aliphatic carbocycles. The molecular formula is C21H31IN6O2. The first-order valence-corrected chi connectivity index (χ1v) is 10.3. The molecule has 0 radical (unpaired) electrons. The van der Waals surface area contributed by atoms with E-state index in [1.165, 1.54) is 0 Å². The van der Waals surface area contributed by atoms with Gasteiger partial charge in [-0.15, -0.1) is 24.0 Å². The molecule has 0 unspecified atom stereocenters. The second-order valence-corrected chi connectivity index (χ2v) is 7.24. The van der Waals surface area contributed by atoms with Crippen LogP contribution in [-0.2, 0) is 16.1 Å². The van der Waals surface area contributed by atoms with E-state index in [0.29, 0.717) is 45.0 Å². The zero-order valence-electron chi connectivity index (χ0n) is 17.5. The van der Waals surface area contributed by atoms with Gasteiger partial charge in [0, 0.05) is 45.8 Å². The minimum atomic E-state index is 0. The summed E-state index contributed by atoms with van der Waals surface area (Å²) in [5.74, 6) is 1.10. The van der Waals surface area contributed by atoms with Gasteiger partial charge >= 0.3 is 0 Å². The smallest absolute Gasteiger partial charge is 0.236 e. The van der Waals surface area contributed by atoms with Gasteiger partial charge in [0.1, 0.15) is 0 Å². The van der Waals surface area contributed by atoms with Gasteiger partial charge < -0.3 is 19.9 Å². The fourth-order valence-corrected chi connectivity index (χ4v) is 3.50. The Bertz CT molecular complexity index is 735. The predicted molar refractivity (Wildman–Crippen MR) is 127 cm³/mol. The van der Waals surface area contributed by atoms with Gasteiger partial charge in [0.25, 0.3) is 0 Å². The van der Waals surface area contributed by atoms with Crippen LogP contribution in [0.5, 0.6) is 0 Å². The molecule has 9 heteroatoms. The number of carbonyl (C=O) groups excluding carboxylic acids is 1. The Balaban J connectivity index is 0.00000320. The minimum Gasteiger partial charge on any atom is -0.378 e. The van der Waals surface area contributed by atoms with Crippen LogP contribution in [0.1, 0.15) is 18.1 Å². The second-order valence-electron chi connectivity index (χ2n) is 7.24. The zero-order chi connectivity index (χ0) is 20.5. The lowest BCUT2D eigenvalue weighted by Crippen LogP contribution is -2.54. The number of carbonyl (C=O) groups is 1. The number of benzene rings is 1. The molecule has 2 saturated heterocycles. The number of halogens is 1. The van der Waals surface area contributed by atoms with Crippen LogP contribution in [0.4, 0.5) is 0 Å². The molecule has 0 saturated carbocycles. The third-order valence-electron chi connectivity index (χ3n) is 5.22. The SMILES string of the molecule is CCNC(=NCc1ccc(C#N)cc1)N1CCN(CC(=O)N2CCOCC2)CC1.I. The summed E-state index contributed by atoms with van der Waals surface area (Å²) in [4.78, 5) is 23.6. The molecule has 0 spiro atoms. The van der Waals surface area contributed by atoms with E-state index >= 15 is 0 Å². The van der Waals surface area contributed by atoms with Crippen LogP contribution in [0.15, 0.2) is 29.3 Å². The van der Waals surface area contributed by atoms with E-state index in [4.69, 9.17) is 15.0 Å². The summed E-state index contributed by atoms with van der Waals surface area (Å²) < 4.78 is 5.32. The molecule has 2 heterocycles. The summed E-state index contributed by atoms with van der Waals surface area (Å²) in [5.41, 5.74) is 1.74. The molecule has 8 nitrogen and oxygen atoms in total. The number of aliphatic imine (C=N–C) groups is 1. The van der Waals surface area contributed by atoms with E-state index in [1.54, 1.807) is 0 Å². The number of ether oxygens (including phenoxy) is 1. The van der Waals surface area contributed by atoms with Crippen LogP contribution in [0.2, 0.25) is 0 Å². The molecule has 0 atom stereocenters. The van der Waals surface area contributed by atoms with Crippen LogP contribution >= 0.6 is 24.0 Å². The maximum atomic E-state index is 12.4. The van der Waals surface area contributed by atoms with Crippen LogP contribution < -0.4 is 5.32 Å². The van der Waals surface area contributed by atoms with Crippen LogP contribution in [0.25, 0.3) is 0 Å². The highest BCUT2D eigenvalue weighted by atomic mass is 127. The third-order valence-corrected chi connectivity index (χ3v) is 5.22. The van der Waals surface area contributed by atoms with E-state index in [-0.39, 0.29) is 29.9 Å². The lowest BCUT2D eigenvalue weighted by Gasteiger charge is -2.37.